The lowest BCUT2D eigenvalue weighted by atomic mass is 10.1. The minimum atomic E-state index is -0.324. The first kappa shape index (κ1) is 18.9. The summed E-state index contributed by atoms with van der Waals surface area (Å²) in [4.78, 5) is 31.2. The predicted octanol–water partition coefficient (Wildman–Crippen LogP) is 3.38. The van der Waals surface area contributed by atoms with Crippen LogP contribution in [0.2, 0.25) is 0 Å². The summed E-state index contributed by atoms with van der Waals surface area (Å²) in [6.07, 6.45) is 2.02. The van der Waals surface area contributed by atoms with Crippen LogP contribution in [0, 0.1) is 6.92 Å². The van der Waals surface area contributed by atoms with E-state index in [0.29, 0.717) is 0 Å². The highest BCUT2D eigenvalue weighted by molar-refractivity contribution is 6.04. The number of nitrogens with zero attached hydrogens (tertiary/aromatic N) is 2. The lowest BCUT2D eigenvalue weighted by molar-refractivity contribution is 0.0946. The Morgan fingerprint density at radius 1 is 1.07 bits per heavy atom. The van der Waals surface area contributed by atoms with E-state index in [9.17, 15) is 9.59 Å². The van der Waals surface area contributed by atoms with Crippen LogP contribution in [-0.2, 0) is 0 Å². The number of pyridine rings is 1. The van der Waals surface area contributed by atoms with Crippen LogP contribution in [0.5, 0.6) is 0 Å². The number of amides is 2. The van der Waals surface area contributed by atoms with E-state index in [2.05, 4.69) is 40.4 Å². The van der Waals surface area contributed by atoms with Crippen molar-refractivity contribution in [1.82, 2.24) is 10.3 Å². The molecule has 27 heavy (non-hydrogen) atoms. The van der Waals surface area contributed by atoms with Crippen LogP contribution in [-0.4, -0.2) is 35.9 Å². The molecule has 1 saturated carbocycles. The number of hydrogen-bond donors (Lipinski definition) is 2. The summed E-state index contributed by atoms with van der Waals surface area (Å²) in [6.45, 7) is 8.07. The van der Waals surface area contributed by atoms with E-state index < -0.39 is 0 Å². The molecule has 6 heteroatoms. The van der Waals surface area contributed by atoms with E-state index >= 15 is 0 Å². The molecule has 2 amide bonds. The monoisotopic (exact) mass is 366 g/mol. The maximum atomic E-state index is 12.6. The molecule has 0 atom stereocenters. The first-order valence-corrected chi connectivity index (χ1v) is 9.46. The molecular formula is C21H26N4O2. The predicted molar refractivity (Wildman–Crippen MR) is 107 cm³/mol. The number of anilines is 2. The largest absolute Gasteiger partial charge is 0.372 e. The first-order chi connectivity index (χ1) is 13.0. The maximum Gasteiger partial charge on any atom is 0.274 e. The molecule has 0 unspecified atom stereocenters. The molecule has 1 aromatic carbocycles. The van der Waals surface area contributed by atoms with E-state index in [1.807, 2.05) is 19.1 Å². The zero-order valence-electron chi connectivity index (χ0n) is 16.1. The Hall–Kier alpha value is -2.89. The van der Waals surface area contributed by atoms with Crippen molar-refractivity contribution < 1.29 is 9.59 Å². The zero-order chi connectivity index (χ0) is 19.4. The third-order valence-corrected chi connectivity index (χ3v) is 4.71. The quantitative estimate of drug-likeness (QED) is 0.788. The molecule has 0 radical (unpaired) electrons. The van der Waals surface area contributed by atoms with Gasteiger partial charge in [0.25, 0.3) is 11.8 Å². The number of aromatic nitrogens is 1. The average Bonchev–Trinajstić information content (AvgIpc) is 3.49. The summed E-state index contributed by atoms with van der Waals surface area (Å²) in [5, 5.41) is 5.78. The molecule has 142 valence electrons. The molecule has 0 aliphatic heterocycles. The van der Waals surface area contributed by atoms with Gasteiger partial charge >= 0.3 is 0 Å². The molecule has 3 rings (SSSR count). The second-order valence-corrected chi connectivity index (χ2v) is 6.78. The van der Waals surface area contributed by atoms with Gasteiger partial charge in [-0.15, -0.1) is 0 Å². The van der Waals surface area contributed by atoms with Gasteiger partial charge in [-0.2, -0.15) is 0 Å². The zero-order valence-corrected chi connectivity index (χ0v) is 16.1. The highest BCUT2D eigenvalue weighted by Gasteiger charge is 2.24. The Morgan fingerprint density at radius 3 is 2.33 bits per heavy atom. The molecule has 1 aliphatic rings. The van der Waals surface area contributed by atoms with Crippen LogP contribution in [0.15, 0.2) is 36.4 Å². The molecule has 0 saturated heterocycles. The molecular weight excluding hydrogens is 340 g/mol. The number of nitrogens with one attached hydrogen (secondary N) is 2. The summed E-state index contributed by atoms with van der Waals surface area (Å²) in [7, 11) is 0. The normalized spacial score (nSPS) is 13.1. The maximum absolute atomic E-state index is 12.6. The van der Waals surface area contributed by atoms with Crippen molar-refractivity contribution in [3.8, 4) is 0 Å². The molecule has 6 nitrogen and oxygen atoms in total. The van der Waals surface area contributed by atoms with Crippen LogP contribution in [0.3, 0.4) is 0 Å². The minimum Gasteiger partial charge on any atom is -0.372 e. The molecule has 0 bridgehead atoms. The molecule has 2 N–H and O–H groups in total. The van der Waals surface area contributed by atoms with E-state index in [0.717, 1.165) is 42.9 Å². The number of carbonyl (C=O) groups is 2. The van der Waals surface area contributed by atoms with Gasteiger partial charge in [-0.25, -0.2) is 4.98 Å². The van der Waals surface area contributed by atoms with Crippen molar-refractivity contribution in [1.29, 1.82) is 0 Å². The van der Waals surface area contributed by atoms with Crippen molar-refractivity contribution in [3.05, 3.63) is 53.3 Å². The fourth-order valence-electron chi connectivity index (χ4n) is 2.93. The van der Waals surface area contributed by atoms with Gasteiger partial charge in [0.1, 0.15) is 11.4 Å². The number of benzene rings is 1. The molecule has 1 aromatic heterocycles. The van der Waals surface area contributed by atoms with Gasteiger partial charge in [0.2, 0.25) is 0 Å². The average molecular weight is 366 g/mol. The van der Waals surface area contributed by atoms with Crippen molar-refractivity contribution in [2.24, 2.45) is 0 Å². The SMILES string of the molecule is CCN(CC)c1ccc(NC(=O)c2cccc(C(=O)NC3CC3)n2)c(C)c1. The summed E-state index contributed by atoms with van der Waals surface area (Å²) in [5.74, 6) is -0.554. The van der Waals surface area contributed by atoms with E-state index in [1.54, 1.807) is 18.2 Å². The van der Waals surface area contributed by atoms with Gasteiger partial charge in [0, 0.05) is 30.5 Å². The third kappa shape index (κ3) is 4.64. The number of hydrogen-bond acceptors (Lipinski definition) is 4. The van der Waals surface area contributed by atoms with Gasteiger partial charge in [-0.05, 0) is 69.5 Å². The second kappa shape index (κ2) is 8.20. The van der Waals surface area contributed by atoms with Crippen LogP contribution < -0.4 is 15.5 Å². The third-order valence-electron chi connectivity index (χ3n) is 4.71. The number of aryl methyl sites for hydroxylation is 1. The summed E-state index contributed by atoms with van der Waals surface area (Å²) in [5.41, 5.74) is 3.35. The van der Waals surface area contributed by atoms with Crippen LogP contribution in [0.4, 0.5) is 11.4 Å². The van der Waals surface area contributed by atoms with Crippen molar-refractivity contribution in [2.75, 3.05) is 23.3 Å². The van der Waals surface area contributed by atoms with E-state index in [4.69, 9.17) is 0 Å². The van der Waals surface area contributed by atoms with Crippen LogP contribution in [0.1, 0.15) is 53.2 Å². The Bertz CT molecular complexity index is 842. The topological polar surface area (TPSA) is 74.3 Å². The molecule has 0 spiro atoms. The van der Waals surface area contributed by atoms with E-state index in [-0.39, 0.29) is 29.2 Å². The van der Waals surface area contributed by atoms with Gasteiger partial charge in [0.05, 0.1) is 0 Å². The fourth-order valence-corrected chi connectivity index (χ4v) is 2.93. The highest BCUT2D eigenvalue weighted by atomic mass is 16.2. The summed E-state index contributed by atoms with van der Waals surface area (Å²) in [6, 6.07) is 11.1. The van der Waals surface area contributed by atoms with Crippen LogP contribution >= 0.6 is 0 Å². The van der Waals surface area contributed by atoms with Crippen molar-refractivity contribution >= 4 is 23.2 Å². The smallest absolute Gasteiger partial charge is 0.274 e. The Kier molecular flexibility index (Phi) is 5.74. The summed E-state index contributed by atoms with van der Waals surface area (Å²) < 4.78 is 0. The Morgan fingerprint density at radius 2 is 1.74 bits per heavy atom. The number of carbonyl (C=O) groups excluding carboxylic acids is 2. The van der Waals surface area contributed by atoms with Crippen molar-refractivity contribution in [3.63, 3.8) is 0 Å². The molecule has 1 heterocycles. The van der Waals surface area contributed by atoms with Gasteiger partial charge in [0.15, 0.2) is 0 Å². The summed E-state index contributed by atoms with van der Waals surface area (Å²) >= 11 is 0. The Labute approximate surface area is 160 Å². The van der Waals surface area contributed by atoms with Crippen LogP contribution in [0.25, 0.3) is 0 Å². The van der Waals surface area contributed by atoms with Crippen molar-refractivity contribution in [2.45, 2.75) is 39.7 Å². The second-order valence-electron chi connectivity index (χ2n) is 6.78. The molecule has 1 fully saturated rings. The standard InChI is InChI=1S/C21H26N4O2/c1-4-25(5-2)16-11-12-17(14(3)13-16)24-21(27)19-8-6-7-18(23-19)20(26)22-15-9-10-15/h6-8,11-13,15H,4-5,9-10H2,1-3H3,(H,22,26)(H,24,27). The lowest BCUT2D eigenvalue weighted by Crippen LogP contribution is -2.27. The Balaban J connectivity index is 1.72. The fraction of sp³-hybridized carbons (Fsp3) is 0.381. The van der Waals surface area contributed by atoms with Gasteiger partial charge < -0.3 is 15.5 Å². The van der Waals surface area contributed by atoms with Gasteiger partial charge in [-0.3, -0.25) is 9.59 Å². The molecule has 1 aliphatic carbocycles. The van der Waals surface area contributed by atoms with E-state index in [1.165, 1.54) is 0 Å². The first-order valence-electron chi connectivity index (χ1n) is 9.46. The lowest BCUT2D eigenvalue weighted by Gasteiger charge is -2.22. The minimum absolute atomic E-state index is 0.227. The number of rotatable bonds is 7. The highest BCUT2D eigenvalue weighted by Crippen LogP contribution is 2.23. The molecule has 2 aromatic rings. The van der Waals surface area contributed by atoms with Gasteiger partial charge in [-0.1, -0.05) is 6.07 Å².